The zero-order valence-electron chi connectivity index (χ0n) is 11.4. The van der Waals surface area contributed by atoms with Gasteiger partial charge in [0, 0.05) is 11.4 Å². The molecule has 0 amide bonds. The van der Waals surface area contributed by atoms with E-state index >= 15 is 0 Å². The van der Waals surface area contributed by atoms with E-state index in [9.17, 15) is 0 Å². The maximum atomic E-state index is 5.90. The molecule has 1 saturated heterocycles. The molecule has 19 heavy (non-hydrogen) atoms. The summed E-state index contributed by atoms with van der Waals surface area (Å²) in [5.41, 5.74) is 1.39. The highest BCUT2D eigenvalue weighted by Gasteiger charge is 2.31. The summed E-state index contributed by atoms with van der Waals surface area (Å²) in [6, 6.07) is 8.00. The second kappa shape index (κ2) is 6.45. The van der Waals surface area contributed by atoms with Crippen LogP contribution in [0, 0.1) is 5.41 Å². The van der Waals surface area contributed by atoms with Crippen molar-refractivity contribution in [3.05, 3.63) is 34.9 Å². The SMILES string of the molecule is CC(C)(Cc1ccc(Cl)cc1)CC1OCC(CCl)O1. The first kappa shape index (κ1) is 15.1. The van der Waals surface area contributed by atoms with Gasteiger partial charge < -0.3 is 9.47 Å². The average Bonchev–Trinajstić information content (AvgIpc) is 2.78. The van der Waals surface area contributed by atoms with E-state index in [0.29, 0.717) is 12.5 Å². The Balaban J connectivity index is 1.89. The third kappa shape index (κ3) is 4.64. The van der Waals surface area contributed by atoms with Gasteiger partial charge in [-0.2, -0.15) is 0 Å². The predicted molar refractivity (Wildman–Crippen MR) is 78.9 cm³/mol. The number of halogens is 2. The Morgan fingerprint density at radius 3 is 2.53 bits per heavy atom. The maximum Gasteiger partial charge on any atom is 0.158 e. The van der Waals surface area contributed by atoms with Crippen molar-refractivity contribution in [2.75, 3.05) is 12.5 Å². The average molecular weight is 303 g/mol. The van der Waals surface area contributed by atoms with Crippen LogP contribution in [-0.2, 0) is 15.9 Å². The minimum atomic E-state index is -0.133. The molecule has 0 radical (unpaired) electrons. The van der Waals surface area contributed by atoms with Gasteiger partial charge in [-0.05, 0) is 29.5 Å². The minimum Gasteiger partial charge on any atom is -0.350 e. The Bertz CT molecular complexity index is 403. The molecule has 2 atom stereocenters. The maximum absolute atomic E-state index is 5.90. The first-order chi connectivity index (χ1) is 8.98. The lowest BCUT2D eigenvalue weighted by Crippen LogP contribution is -2.24. The molecule has 0 spiro atoms. The van der Waals surface area contributed by atoms with Gasteiger partial charge in [0.2, 0.25) is 0 Å². The van der Waals surface area contributed by atoms with Crippen LogP contribution in [0.15, 0.2) is 24.3 Å². The molecule has 1 aromatic carbocycles. The summed E-state index contributed by atoms with van der Waals surface area (Å²) in [5.74, 6) is 0.494. The Morgan fingerprint density at radius 1 is 1.26 bits per heavy atom. The Morgan fingerprint density at radius 2 is 1.95 bits per heavy atom. The smallest absolute Gasteiger partial charge is 0.158 e. The normalized spacial score (nSPS) is 23.8. The standard InChI is InChI=1S/C15H20Cl2O2/c1-15(2,7-11-3-5-12(17)6-4-11)8-14-18-10-13(9-16)19-14/h3-6,13-14H,7-10H2,1-2H3. The van der Waals surface area contributed by atoms with Gasteiger partial charge >= 0.3 is 0 Å². The van der Waals surface area contributed by atoms with Crippen LogP contribution >= 0.6 is 23.2 Å². The molecule has 1 aliphatic rings. The molecule has 0 aliphatic carbocycles. The molecule has 2 unspecified atom stereocenters. The van der Waals surface area contributed by atoms with Gasteiger partial charge in [-0.15, -0.1) is 11.6 Å². The van der Waals surface area contributed by atoms with Crippen LogP contribution in [0.5, 0.6) is 0 Å². The van der Waals surface area contributed by atoms with Crippen molar-refractivity contribution >= 4 is 23.2 Å². The first-order valence-electron chi connectivity index (χ1n) is 6.56. The molecule has 1 aliphatic heterocycles. The second-order valence-electron chi connectivity index (χ2n) is 5.85. The Kier molecular flexibility index (Phi) is 5.13. The quantitative estimate of drug-likeness (QED) is 0.756. The van der Waals surface area contributed by atoms with Crippen molar-refractivity contribution in [1.82, 2.24) is 0 Å². The minimum absolute atomic E-state index is 0.0398. The largest absolute Gasteiger partial charge is 0.350 e. The van der Waals surface area contributed by atoms with Crippen molar-refractivity contribution in [1.29, 1.82) is 0 Å². The summed E-state index contributed by atoms with van der Waals surface area (Å²) in [6.45, 7) is 5.05. The van der Waals surface area contributed by atoms with Gasteiger partial charge in [0.1, 0.15) is 0 Å². The van der Waals surface area contributed by atoms with E-state index in [1.807, 2.05) is 12.1 Å². The van der Waals surface area contributed by atoms with E-state index in [1.54, 1.807) is 0 Å². The molecule has 1 aromatic rings. The summed E-state index contributed by atoms with van der Waals surface area (Å²) in [7, 11) is 0. The number of hydrogen-bond acceptors (Lipinski definition) is 2. The van der Waals surface area contributed by atoms with Crippen molar-refractivity contribution < 1.29 is 9.47 Å². The number of alkyl halides is 1. The highest BCUT2D eigenvalue weighted by atomic mass is 35.5. The third-order valence-corrected chi connectivity index (χ3v) is 3.90. The fourth-order valence-electron chi connectivity index (χ4n) is 2.37. The Hall–Kier alpha value is -0.280. The fourth-order valence-corrected chi connectivity index (χ4v) is 2.66. The van der Waals surface area contributed by atoms with E-state index in [2.05, 4.69) is 26.0 Å². The van der Waals surface area contributed by atoms with Gasteiger partial charge in [-0.3, -0.25) is 0 Å². The van der Waals surface area contributed by atoms with E-state index in [-0.39, 0.29) is 17.8 Å². The van der Waals surface area contributed by atoms with Crippen molar-refractivity contribution in [2.45, 2.75) is 39.1 Å². The zero-order chi connectivity index (χ0) is 13.9. The molecule has 106 valence electrons. The summed E-state index contributed by atoms with van der Waals surface area (Å²) in [4.78, 5) is 0. The van der Waals surface area contributed by atoms with Crippen LogP contribution in [0.4, 0.5) is 0 Å². The van der Waals surface area contributed by atoms with Gasteiger partial charge in [-0.25, -0.2) is 0 Å². The van der Waals surface area contributed by atoms with Gasteiger partial charge in [0.05, 0.1) is 18.6 Å². The van der Waals surface area contributed by atoms with E-state index < -0.39 is 0 Å². The Labute approximate surface area is 125 Å². The molecular weight excluding hydrogens is 283 g/mol. The van der Waals surface area contributed by atoms with E-state index in [0.717, 1.165) is 17.9 Å². The molecule has 0 N–H and O–H groups in total. The summed E-state index contributed by atoms with van der Waals surface area (Å²) in [6.07, 6.45) is 1.74. The summed E-state index contributed by atoms with van der Waals surface area (Å²) >= 11 is 11.7. The fraction of sp³-hybridized carbons (Fsp3) is 0.600. The topological polar surface area (TPSA) is 18.5 Å². The van der Waals surface area contributed by atoms with Crippen LogP contribution in [-0.4, -0.2) is 24.9 Å². The van der Waals surface area contributed by atoms with Crippen molar-refractivity contribution in [3.63, 3.8) is 0 Å². The molecule has 2 nitrogen and oxygen atoms in total. The number of hydrogen-bond donors (Lipinski definition) is 0. The lowest BCUT2D eigenvalue weighted by molar-refractivity contribution is -0.0785. The highest BCUT2D eigenvalue weighted by Crippen LogP contribution is 2.31. The summed E-state index contributed by atoms with van der Waals surface area (Å²) in [5, 5.41) is 0.772. The zero-order valence-corrected chi connectivity index (χ0v) is 12.9. The molecule has 4 heteroatoms. The molecule has 0 aromatic heterocycles. The molecule has 2 rings (SSSR count). The predicted octanol–water partition coefficient (Wildman–Crippen LogP) is 4.28. The van der Waals surface area contributed by atoms with Crippen LogP contribution in [0.3, 0.4) is 0 Å². The molecule has 0 saturated carbocycles. The van der Waals surface area contributed by atoms with Crippen LogP contribution in [0.1, 0.15) is 25.8 Å². The van der Waals surface area contributed by atoms with Gasteiger partial charge in [0.15, 0.2) is 6.29 Å². The molecular formula is C15H20Cl2O2. The van der Waals surface area contributed by atoms with Crippen LogP contribution < -0.4 is 0 Å². The third-order valence-electron chi connectivity index (χ3n) is 3.30. The first-order valence-corrected chi connectivity index (χ1v) is 7.47. The van der Waals surface area contributed by atoms with Crippen molar-refractivity contribution in [3.8, 4) is 0 Å². The monoisotopic (exact) mass is 302 g/mol. The van der Waals surface area contributed by atoms with E-state index in [1.165, 1.54) is 5.56 Å². The number of ether oxygens (including phenoxy) is 2. The van der Waals surface area contributed by atoms with Crippen LogP contribution in [0.25, 0.3) is 0 Å². The summed E-state index contributed by atoms with van der Waals surface area (Å²) < 4.78 is 11.3. The van der Waals surface area contributed by atoms with Gasteiger partial charge in [0.25, 0.3) is 0 Å². The van der Waals surface area contributed by atoms with Crippen molar-refractivity contribution in [2.24, 2.45) is 5.41 Å². The van der Waals surface area contributed by atoms with E-state index in [4.69, 9.17) is 32.7 Å². The highest BCUT2D eigenvalue weighted by molar-refractivity contribution is 6.30. The molecule has 1 fully saturated rings. The molecule has 0 bridgehead atoms. The molecule has 1 heterocycles. The van der Waals surface area contributed by atoms with Gasteiger partial charge in [-0.1, -0.05) is 37.6 Å². The van der Waals surface area contributed by atoms with Crippen LogP contribution in [0.2, 0.25) is 5.02 Å². The number of benzene rings is 1. The lowest BCUT2D eigenvalue weighted by atomic mass is 9.82. The number of rotatable bonds is 5. The second-order valence-corrected chi connectivity index (χ2v) is 6.59. The lowest BCUT2D eigenvalue weighted by Gasteiger charge is -2.27.